The molecule has 0 radical (unpaired) electrons. The van der Waals surface area contributed by atoms with Crippen LogP contribution in [0.5, 0.6) is 0 Å². The van der Waals surface area contributed by atoms with Crippen LogP contribution < -0.4 is 5.73 Å². The Morgan fingerprint density at radius 1 is 1.29 bits per heavy atom. The zero-order chi connectivity index (χ0) is 10.2. The molecular weight excluding hydrogens is 174 g/mol. The van der Waals surface area contributed by atoms with Crippen LogP contribution in [0.15, 0.2) is 0 Å². The van der Waals surface area contributed by atoms with Crippen molar-refractivity contribution in [2.24, 2.45) is 11.7 Å². The molecule has 0 bridgehead atoms. The lowest BCUT2D eigenvalue weighted by molar-refractivity contribution is 0.112. The summed E-state index contributed by atoms with van der Waals surface area (Å²) < 4.78 is 5.46. The molecular formula is C12H25NO. The van der Waals surface area contributed by atoms with E-state index in [1.54, 1.807) is 0 Å². The van der Waals surface area contributed by atoms with E-state index in [4.69, 9.17) is 10.5 Å². The van der Waals surface area contributed by atoms with E-state index in [0.717, 1.165) is 25.6 Å². The van der Waals surface area contributed by atoms with Crippen molar-refractivity contribution < 1.29 is 4.74 Å². The third-order valence-corrected chi connectivity index (χ3v) is 3.04. The lowest BCUT2D eigenvalue weighted by Gasteiger charge is -2.24. The molecule has 1 fully saturated rings. The van der Waals surface area contributed by atoms with E-state index in [9.17, 15) is 0 Å². The van der Waals surface area contributed by atoms with Gasteiger partial charge in [-0.2, -0.15) is 0 Å². The van der Waals surface area contributed by atoms with Crippen molar-refractivity contribution >= 4 is 0 Å². The van der Waals surface area contributed by atoms with Gasteiger partial charge in [0, 0.05) is 12.6 Å². The Morgan fingerprint density at radius 3 is 2.64 bits per heavy atom. The number of rotatable bonds is 6. The van der Waals surface area contributed by atoms with Crippen molar-refractivity contribution in [2.45, 2.75) is 57.9 Å². The minimum atomic E-state index is 0.268. The van der Waals surface area contributed by atoms with Crippen LogP contribution in [0.2, 0.25) is 0 Å². The summed E-state index contributed by atoms with van der Waals surface area (Å²) in [6, 6.07) is 0.268. The molecule has 1 rings (SSSR count). The van der Waals surface area contributed by atoms with Crippen molar-refractivity contribution in [3.63, 3.8) is 0 Å². The summed E-state index contributed by atoms with van der Waals surface area (Å²) in [5.41, 5.74) is 6.02. The highest BCUT2D eigenvalue weighted by Gasteiger charge is 2.16. The smallest absolute Gasteiger partial charge is 0.0617 e. The Hall–Kier alpha value is -0.0800. The van der Waals surface area contributed by atoms with Gasteiger partial charge in [-0.05, 0) is 18.8 Å². The molecule has 0 aromatic heterocycles. The van der Waals surface area contributed by atoms with Crippen molar-refractivity contribution in [1.82, 2.24) is 0 Å². The van der Waals surface area contributed by atoms with E-state index >= 15 is 0 Å². The molecule has 1 aliphatic carbocycles. The molecule has 2 nitrogen and oxygen atoms in total. The largest absolute Gasteiger partial charge is 0.380 e. The number of hydrogen-bond acceptors (Lipinski definition) is 2. The molecule has 1 atom stereocenters. The van der Waals surface area contributed by atoms with Gasteiger partial charge < -0.3 is 10.5 Å². The quantitative estimate of drug-likeness (QED) is 0.668. The monoisotopic (exact) mass is 199 g/mol. The van der Waals surface area contributed by atoms with Crippen LogP contribution in [0, 0.1) is 5.92 Å². The molecule has 1 aliphatic rings. The van der Waals surface area contributed by atoms with Crippen LogP contribution in [-0.2, 0) is 4.74 Å². The molecule has 2 heteroatoms. The lowest BCUT2D eigenvalue weighted by atomic mass is 9.85. The van der Waals surface area contributed by atoms with Crippen molar-refractivity contribution in [1.29, 1.82) is 0 Å². The van der Waals surface area contributed by atoms with Gasteiger partial charge in [-0.25, -0.2) is 0 Å². The van der Waals surface area contributed by atoms with Gasteiger partial charge in [-0.1, -0.05) is 39.0 Å². The van der Waals surface area contributed by atoms with E-state index in [0.29, 0.717) is 0 Å². The van der Waals surface area contributed by atoms with Gasteiger partial charge in [0.05, 0.1) is 6.61 Å². The number of ether oxygens (including phenoxy) is 1. The first kappa shape index (κ1) is 12.0. The van der Waals surface area contributed by atoms with Crippen molar-refractivity contribution in [3.8, 4) is 0 Å². The second-order valence-corrected chi connectivity index (χ2v) is 4.57. The molecule has 2 N–H and O–H groups in total. The fourth-order valence-electron chi connectivity index (χ4n) is 2.30. The summed E-state index contributed by atoms with van der Waals surface area (Å²) in [6.07, 6.45) is 9.29. The fraction of sp³-hybridized carbons (Fsp3) is 1.00. The first-order chi connectivity index (χ1) is 6.83. The van der Waals surface area contributed by atoms with E-state index < -0.39 is 0 Å². The molecule has 1 saturated carbocycles. The van der Waals surface area contributed by atoms with Crippen LogP contribution in [0.25, 0.3) is 0 Å². The molecule has 0 aromatic rings. The van der Waals surface area contributed by atoms with E-state index in [1.165, 1.54) is 38.5 Å². The zero-order valence-corrected chi connectivity index (χ0v) is 9.50. The van der Waals surface area contributed by atoms with Crippen molar-refractivity contribution in [3.05, 3.63) is 0 Å². The maximum Gasteiger partial charge on any atom is 0.0617 e. The molecule has 0 aromatic carbocycles. The predicted octanol–water partition coefficient (Wildman–Crippen LogP) is 2.71. The van der Waals surface area contributed by atoms with Crippen LogP contribution in [0.1, 0.15) is 51.9 Å². The van der Waals surface area contributed by atoms with Gasteiger partial charge in [0.2, 0.25) is 0 Å². The summed E-state index contributed by atoms with van der Waals surface area (Å²) >= 11 is 0. The Kier molecular flexibility index (Phi) is 6.20. The maximum absolute atomic E-state index is 6.02. The Labute approximate surface area is 88.2 Å². The number of nitrogens with two attached hydrogens (primary N) is 1. The standard InChI is InChI=1S/C12H25NO/c1-2-8-14-10-12(13)9-11-6-4-3-5-7-11/h11-12H,2-10,13H2,1H3. The summed E-state index contributed by atoms with van der Waals surface area (Å²) in [4.78, 5) is 0. The average molecular weight is 199 g/mol. The summed E-state index contributed by atoms with van der Waals surface area (Å²) in [7, 11) is 0. The lowest BCUT2D eigenvalue weighted by Crippen LogP contribution is -2.29. The minimum absolute atomic E-state index is 0.268. The molecule has 0 heterocycles. The van der Waals surface area contributed by atoms with Gasteiger partial charge in [0.1, 0.15) is 0 Å². The molecule has 14 heavy (non-hydrogen) atoms. The summed E-state index contributed by atoms with van der Waals surface area (Å²) in [5.74, 6) is 0.879. The van der Waals surface area contributed by atoms with E-state index in [-0.39, 0.29) is 6.04 Å². The topological polar surface area (TPSA) is 35.2 Å². The zero-order valence-electron chi connectivity index (χ0n) is 9.50. The predicted molar refractivity (Wildman–Crippen MR) is 60.3 cm³/mol. The first-order valence-electron chi connectivity index (χ1n) is 6.16. The Balaban J connectivity index is 2.03. The highest BCUT2D eigenvalue weighted by Crippen LogP contribution is 2.26. The maximum atomic E-state index is 6.02. The molecule has 1 unspecified atom stereocenters. The second kappa shape index (κ2) is 7.24. The third-order valence-electron chi connectivity index (χ3n) is 3.04. The molecule has 0 aliphatic heterocycles. The normalized spacial score (nSPS) is 21.0. The fourth-order valence-corrected chi connectivity index (χ4v) is 2.30. The molecule has 0 amide bonds. The van der Waals surface area contributed by atoms with Crippen LogP contribution in [0.4, 0.5) is 0 Å². The van der Waals surface area contributed by atoms with Gasteiger partial charge in [0.25, 0.3) is 0 Å². The summed E-state index contributed by atoms with van der Waals surface area (Å²) in [5, 5.41) is 0. The molecule has 0 saturated heterocycles. The Morgan fingerprint density at radius 2 is 2.00 bits per heavy atom. The van der Waals surface area contributed by atoms with E-state index in [2.05, 4.69) is 6.92 Å². The SMILES string of the molecule is CCCOCC(N)CC1CCCCC1. The van der Waals surface area contributed by atoms with Gasteiger partial charge in [0.15, 0.2) is 0 Å². The highest BCUT2D eigenvalue weighted by atomic mass is 16.5. The van der Waals surface area contributed by atoms with Gasteiger partial charge in [-0.3, -0.25) is 0 Å². The third kappa shape index (κ3) is 4.97. The van der Waals surface area contributed by atoms with Gasteiger partial charge >= 0.3 is 0 Å². The second-order valence-electron chi connectivity index (χ2n) is 4.57. The van der Waals surface area contributed by atoms with Crippen molar-refractivity contribution in [2.75, 3.05) is 13.2 Å². The molecule has 0 spiro atoms. The average Bonchev–Trinajstić information content (AvgIpc) is 2.20. The van der Waals surface area contributed by atoms with Crippen LogP contribution in [-0.4, -0.2) is 19.3 Å². The minimum Gasteiger partial charge on any atom is -0.380 e. The summed E-state index contributed by atoms with van der Waals surface area (Å²) in [6.45, 7) is 3.75. The molecule has 84 valence electrons. The van der Waals surface area contributed by atoms with Crippen LogP contribution in [0.3, 0.4) is 0 Å². The Bertz CT molecular complexity index is 132. The van der Waals surface area contributed by atoms with Gasteiger partial charge in [-0.15, -0.1) is 0 Å². The van der Waals surface area contributed by atoms with Crippen LogP contribution >= 0.6 is 0 Å². The first-order valence-corrected chi connectivity index (χ1v) is 6.16. The highest BCUT2D eigenvalue weighted by molar-refractivity contribution is 4.71. The van der Waals surface area contributed by atoms with E-state index in [1.807, 2.05) is 0 Å². The number of hydrogen-bond donors (Lipinski definition) is 1.